The Balaban J connectivity index is 1.57. The first-order valence-electron chi connectivity index (χ1n) is 11.3. The second-order valence-corrected chi connectivity index (χ2v) is 8.90. The minimum absolute atomic E-state index is 0.0759. The minimum Gasteiger partial charge on any atom is -0.349 e. The van der Waals surface area contributed by atoms with E-state index in [4.69, 9.17) is 0 Å². The maximum absolute atomic E-state index is 12.7. The molecule has 4 heteroatoms. The van der Waals surface area contributed by atoms with E-state index in [1.807, 2.05) is 0 Å². The van der Waals surface area contributed by atoms with Gasteiger partial charge >= 0.3 is 0 Å². The third kappa shape index (κ3) is 5.59. The summed E-state index contributed by atoms with van der Waals surface area (Å²) in [4.78, 5) is 25.4. The van der Waals surface area contributed by atoms with Crippen LogP contribution >= 0.6 is 0 Å². The van der Waals surface area contributed by atoms with Gasteiger partial charge in [-0.1, -0.05) is 44.6 Å². The molecule has 0 aliphatic heterocycles. The number of benzene rings is 1. The maximum Gasteiger partial charge on any atom is 0.251 e. The van der Waals surface area contributed by atoms with Crippen molar-refractivity contribution in [3.8, 4) is 0 Å². The van der Waals surface area contributed by atoms with E-state index in [2.05, 4.69) is 24.5 Å². The maximum atomic E-state index is 12.7. The summed E-state index contributed by atoms with van der Waals surface area (Å²) in [6, 6.07) is 7.48. The van der Waals surface area contributed by atoms with Crippen LogP contribution in [-0.4, -0.2) is 23.9 Å². The van der Waals surface area contributed by atoms with Crippen molar-refractivity contribution >= 4 is 11.8 Å². The lowest BCUT2D eigenvalue weighted by molar-refractivity contribution is 0.0918. The van der Waals surface area contributed by atoms with Crippen LogP contribution in [0.5, 0.6) is 0 Å². The van der Waals surface area contributed by atoms with E-state index in [1.54, 1.807) is 24.3 Å². The fourth-order valence-electron chi connectivity index (χ4n) is 4.89. The molecule has 0 unspecified atom stereocenters. The number of rotatable bonds is 6. The number of nitrogens with one attached hydrogen (secondary N) is 2. The average Bonchev–Trinajstić information content (AvgIpc) is 2.75. The molecule has 2 atom stereocenters. The molecular weight excluding hydrogens is 348 g/mol. The normalized spacial score (nSPS) is 20.9. The smallest absolute Gasteiger partial charge is 0.251 e. The molecule has 2 amide bonds. The van der Waals surface area contributed by atoms with Crippen molar-refractivity contribution in [2.75, 3.05) is 0 Å². The Morgan fingerprint density at radius 2 is 1.14 bits per heavy atom. The van der Waals surface area contributed by atoms with E-state index in [0.29, 0.717) is 23.0 Å². The summed E-state index contributed by atoms with van der Waals surface area (Å²) in [6.45, 7) is 4.21. The van der Waals surface area contributed by atoms with Crippen molar-refractivity contribution < 1.29 is 9.59 Å². The zero-order chi connectivity index (χ0) is 19.9. The quantitative estimate of drug-likeness (QED) is 0.718. The van der Waals surface area contributed by atoms with Gasteiger partial charge in [-0.2, -0.15) is 0 Å². The molecule has 2 fully saturated rings. The van der Waals surface area contributed by atoms with Crippen molar-refractivity contribution in [3.05, 3.63) is 35.4 Å². The SMILES string of the molecule is C[C@H](NC(=O)c1cccc(C(=O)N[C@@H](C)C2CCCCC2)c1)C1CCCCC1. The van der Waals surface area contributed by atoms with Crippen molar-refractivity contribution in [3.63, 3.8) is 0 Å². The molecule has 1 aromatic rings. The van der Waals surface area contributed by atoms with Crippen LogP contribution in [0.1, 0.15) is 98.8 Å². The van der Waals surface area contributed by atoms with E-state index >= 15 is 0 Å². The molecule has 2 aliphatic carbocycles. The number of hydrogen-bond acceptors (Lipinski definition) is 2. The van der Waals surface area contributed by atoms with E-state index in [1.165, 1.54) is 64.2 Å². The van der Waals surface area contributed by atoms with Crippen molar-refractivity contribution in [1.82, 2.24) is 10.6 Å². The van der Waals surface area contributed by atoms with Crippen LogP contribution in [0.15, 0.2) is 24.3 Å². The topological polar surface area (TPSA) is 58.2 Å². The molecule has 4 nitrogen and oxygen atoms in total. The lowest BCUT2D eigenvalue weighted by Crippen LogP contribution is -2.40. The lowest BCUT2D eigenvalue weighted by atomic mass is 9.84. The largest absolute Gasteiger partial charge is 0.349 e. The number of hydrogen-bond donors (Lipinski definition) is 2. The molecule has 2 N–H and O–H groups in total. The highest BCUT2D eigenvalue weighted by Gasteiger charge is 2.24. The molecule has 3 rings (SSSR count). The Bertz CT molecular complexity index is 607. The third-order valence-corrected chi connectivity index (χ3v) is 6.82. The second kappa shape index (κ2) is 10.1. The summed E-state index contributed by atoms with van der Waals surface area (Å²) in [5.74, 6) is 0.988. The third-order valence-electron chi connectivity index (χ3n) is 6.82. The van der Waals surface area contributed by atoms with Gasteiger partial charge in [-0.15, -0.1) is 0 Å². The Morgan fingerprint density at radius 3 is 1.54 bits per heavy atom. The van der Waals surface area contributed by atoms with Gasteiger partial charge in [0.05, 0.1) is 0 Å². The Hall–Kier alpha value is -1.84. The van der Waals surface area contributed by atoms with Gasteiger partial charge in [0.2, 0.25) is 0 Å². The Kier molecular flexibility index (Phi) is 7.52. The van der Waals surface area contributed by atoms with Gasteiger partial charge in [-0.05, 0) is 69.6 Å². The molecule has 0 bridgehead atoms. The van der Waals surface area contributed by atoms with Crippen LogP contribution in [0, 0.1) is 11.8 Å². The molecule has 1 aromatic carbocycles. The molecule has 154 valence electrons. The molecule has 0 spiro atoms. The predicted molar refractivity (Wildman–Crippen MR) is 113 cm³/mol. The highest BCUT2D eigenvalue weighted by molar-refractivity contribution is 5.99. The summed E-state index contributed by atoms with van der Waals surface area (Å²) >= 11 is 0. The second-order valence-electron chi connectivity index (χ2n) is 8.90. The monoisotopic (exact) mass is 384 g/mol. The number of carbonyl (C=O) groups excluding carboxylic acids is 2. The average molecular weight is 385 g/mol. The van der Waals surface area contributed by atoms with E-state index in [9.17, 15) is 9.59 Å². The number of amides is 2. The van der Waals surface area contributed by atoms with Gasteiger partial charge in [-0.25, -0.2) is 0 Å². The van der Waals surface area contributed by atoms with E-state index < -0.39 is 0 Å². The van der Waals surface area contributed by atoms with E-state index in [-0.39, 0.29) is 23.9 Å². The standard InChI is InChI=1S/C24H36N2O2/c1-17(19-10-5-3-6-11-19)25-23(27)21-14-9-15-22(16-21)24(28)26-18(2)20-12-7-4-8-13-20/h9,14-20H,3-8,10-13H2,1-2H3,(H,25,27)(H,26,28)/t17-,18-/m0/s1. The first-order chi connectivity index (χ1) is 13.5. The van der Waals surface area contributed by atoms with Gasteiger partial charge in [-0.3, -0.25) is 9.59 Å². The molecule has 0 radical (unpaired) electrons. The van der Waals surface area contributed by atoms with E-state index in [0.717, 1.165) is 0 Å². The zero-order valence-corrected chi connectivity index (χ0v) is 17.5. The van der Waals surface area contributed by atoms with Crippen molar-refractivity contribution in [1.29, 1.82) is 0 Å². The summed E-state index contributed by atoms with van der Waals surface area (Å²) in [5.41, 5.74) is 1.14. The van der Waals surface area contributed by atoms with Crippen molar-refractivity contribution in [2.45, 2.75) is 90.1 Å². The summed E-state index contributed by atoms with van der Waals surface area (Å²) in [5, 5.41) is 6.31. The van der Waals surface area contributed by atoms with Crippen LogP contribution in [0.2, 0.25) is 0 Å². The molecule has 0 saturated heterocycles. The fraction of sp³-hybridized carbons (Fsp3) is 0.667. The minimum atomic E-state index is -0.0759. The molecular formula is C24H36N2O2. The Labute approximate surface area is 169 Å². The predicted octanol–water partition coefficient (Wildman–Crippen LogP) is 5.08. The summed E-state index contributed by atoms with van der Waals surface area (Å²) in [6.07, 6.45) is 12.5. The van der Waals surface area contributed by atoms with Gasteiger partial charge in [0.1, 0.15) is 0 Å². The van der Waals surface area contributed by atoms with Crippen LogP contribution in [0.25, 0.3) is 0 Å². The highest BCUT2D eigenvalue weighted by atomic mass is 16.2. The summed E-state index contributed by atoms with van der Waals surface area (Å²) in [7, 11) is 0. The van der Waals surface area contributed by atoms with Gasteiger partial charge < -0.3 is 10.6 Å². The highest BCUT2D eigenvalue weighted by Crippen LogP contribution is 2.27. The fourth-order valence-corrected chi connectivity index (χ4v) is 4.89. The zero-order valence-electron chi connectivity index (χ0n) is 17.5. The molecule has 0 aromatic heterocycles. The summed E-state index contributed by atoms with van der Waals surface area (Å²) < 4.78 is 0. The van der Waals surface area contributed by atoms with Crippen LogP contribution < -0.4 is 10.6 Å². The molecule has 28 heavy (non-hydrogen) atoms. The van der Waals surface area contributed by atoms with Gasteiger partial charge in [0, 0.05) is 23.2 Å². The van der Waals surface area contributed by atoms with Crippen LogP contribution in [0.3, 0.4) is 0 Å². The molecule has 2 saturated carbocycles. The van der Waals surface area contributed by atoms with Crippen molar-refractivity contribution in [2.24, 2.45) is 11.8 Å². The number of carbonyl (C=O) groups is 2. The first kappa shape index (κ1) is 20.9. The molecule has 0 heterocycles. The van der Waals surface area contributed by atoms with Gasteiger partial charge in [0.15, 0.2) is 0 Å². The lowest BCUT2D eigenvalue weighted by Gasteiger charge is -2.28. The first-order valence-corrected chi connectivity index (χ1v) is 11.3. The van der Waals surface area contributed by atoms with Crippen LogP contribution in [0.4, 0.5) is 0 Å². The van der Waals surface area contributed by atoms with Crippen LogP contribution in [-0.2, 0) is 0 Å². The molecule has 2 aliphatic rings. The Morgan fingerprint density at radius 1 is 0.750 bits per heavy atom. The van der Waals surface area contributed by atoms with Gasteiger partial charge in [0.25, 0.3) is 11.8 Å².